The standard InChI is InChI=1S/C17H15FO3S/c18-13-4-2-12(3-5-13)15(19)11-22-14-6-7-16-17(10-14)21-9-1-8-20-16/h2-7,10H,1,8-9,11H2. The predicted molar refractivity (Wildman–Crippen MR) is 83.5 cm³/mol. The van der Waals surface area contributed by atoms with Gasteiger partial charge >= 0.3 is 0 Å². The zero-order chi connectivity index (χ0) is 15.4. The molecule has 0 aliphatic carbocycles. The number of fused-ring (bicyclic) bond motifs is 1. The highest BCUT2D eigenvalue weighted by Crippen LogP contribution is 2.34. The highest BCUT2D eigenvalue weighted by molar-refractivity contribution is 8.00. The number of thioether (sulfide) groups is 1. The molecule has 0 atom stereocenters. The van der Waals surface area contributed by atoms with Crippen LogP contribution in [0.25, 0.3) is 0 Å². The van der Waals surface area contributed by atoms with Crippen molar-refractivity contribution in [2.45, 2.75) is 11.3 Å². The van der Waals surface area contributed by atoms with E-state index in [0.29, 0.717) is 24.5 Å². The number of benzene rings is 2. The van der Waals surface area contributed by atoms with Crippen molar-refractivity contribution in [3.63, 3.8) is 0 Å². The number of carbonyl (C=O) groups is 1. The summed E-state index contributed by atoms with van der Waals surface area (Å²) in [7, 11) is 0. The molecule has 1 aliphatic heterocycles. The average Bonchev–Trinajstić information content (AvgIpc) is 2.78. The second-order valence-electron chi connectivity index (χ2n) is 4.88. The second kappa shape index (κ2) is 6.83. The summed E-state index contributed by atoms with van der Waals surface area (Å²) >= 11 is 1.43. The molecule has 2 aromatic carbocycles. The predicted octanol–water partition coefficient (Wildman–Crippen LogP) is 3.96. The Balaban J connectivity index is 1.65. The summed E-state index contributed by atoms with van der Waals surface area (Å²) in [4.78, 5) is 13.0. The molecular weight excluding hydrogens is 303 g/mol. The molecule has 0 radical (unpaired) electrons. The van der Waals surface area contributed by atoms with Crippen LogP contribution in [0.5, 0.6) is 11.5 Å². The molecule has 0 aromatic heterocycles. The molecule has 22 heavy (non-hydrogen) atoms. The van der Waals surface area contributed by atoms with Gasteiger partial charge in [-0.2, -0.15) is 0 Å². The van der Waals surface area contributed by atoms with E-state index in [9.17, 15) is 9.18 Å². The van der Waals surface area contributed by atoms with Crippen LogP contribution < -0.4 is 9.47 Å². The Morgan fingerprint density at radius 1 is 1.05 bits per heavy atom. The molecular formula is C17H15FO3S. The zero-order valence-electron chi connectivity index (χ0n) is 11.9. The normalized spacial score (nSPS) is 13.5. The molecule has 0 unspecified atom stereocenters. The smallest absolute Gasteiger partial charge is 0.173 e. The summed E-state index contributed by atoms with van der Waals surface area (Å²) in [5.41, 5.74) is 0.517. The number of hydrogen-bond donors (Lipinski definition) is 0. The third-order valence-electron chi connectivity index (χ3n) is 3.26. The summed E-state index contributed by atoms with van der Waals surface area (Å²) in [6.45, 7) is 1.29. The Hall–Kier alpha value is -2.01. The maximum atomic E-state index is 12.9. The Morgan fingerprint density at radius 3 is 2.55 bits per heavy atom. The van der Waals surface area contributed by atoms with Crippen LogP contribution in [-0.4, -0.2) is 24.7 Å². The Labute approximate surface area is 132 Å². The topological polar surface area (TPSA) is 35.5 Å². The molecule has 114 valence electrons. The van der Waals surface area contributed by atoms with Crippen LogP contribution in [-0.2, 0) is 0 Å². The lowest BCUT2D eigenvalue weighted by Crippen LogP contribution is -2.02. The minimum atomic E-state index is -0.341. The van der Waals surface area contributed by atoms with Gasteiger partial charge in [-0.15, -0.1) is 11.8 Å². The number of ketones is 1. The van der Waals surface area contributed by atoms with Crippen molar-refractivity contribution < 1.29 is 18.7 Å². The molecule has 3 rings (SSSR count). The molecule has 5 heteroatoms. The molecule has 1 heterocycles. The molecule has 0 spiro atoms. The molecule has 3 nitrogen and oxygen atoms in total. The number of ether oxygens (including phenoxy) is 2. The van der Waals surface area contributed by atoms with Gasteiger partial charge in [0, 0.05) is 16.9 Å². The summed E-state index contributed by atoms with van der Waals surface area (Å²) in [5, 5.41) is 0. The molecule has 0 N–H and O–H groups in total. The first-order chi connectivity index (χ1) is 10.7. The minimum absolute atomic E-state index is 0.0305. The first kappa shape index (κ1) is 14.9. The van der Waals surface area contributed by atoms with Gasteiger partial charge in [0.2, 0.25) is 0 Å². The van der Waals surface area contributed by atoms with E-state index in [1.807, 2.05) is 18.2 Å². The van der Waals surface area contributed by atoms with E-state index in [2.05, 4.69) is 0 Å². The molecule has 2 aromatic rings. The summed E-state index contributed by atoms with van der Waals surface area (Å²) in [6, 6.07) is 11.3. The number of rotatable bonds is 4. The molecule has 1 aliphatic rings. The van der Waals surface area contributed by atoms with Crippen molar-refractivity contribution >= 4 is 17.5 Å². The van der Waals surface area contributed by atoms with E-state index in [-0.39, 0.29) is 11.6 Å². The van der Waals surface area contributed by atoms with Crippen molar-refractivity contribution in [1.82, 2.24) is 0 Å². The van der Waals surface area contributed by atoms with Crippen molar-refractivity contribution in [2.75, 3.05) is 19.0 Å². The van der Waals surface area contributed by atoms with Crippen LogP contribution in [0.4, 0.5) is 4.39 Å². The Morgan fingerprint density at radius 2 is 1.77 bits per heavy atom. The van der Waals surface area contributed by atoms with Crippen LogP contribution >= 0.6 is 11.8 Å². The molecule has 0 bridgehead atoms. The van der Waals surface area contributed by atoms with Gasteiger partial charge < -0.3 is 9.47 Å². The fraction of sp³-hybridized carbons (Fsp3) is 0.235. The quantitative estimate of drug-likeness (QED) is 0.631. The summed E-state index contributed by atoms with van der Waals surface area (Å²) in [5.74, 6) is 1.39. The van der Waals surface area contributed by atoms with Gasteiger partial charge in [-0.05, 0) is 42.5 Å². The molecule has 0 amide bonds. The van der Waals surface area contributed by atoms with Crippen molar-refractivity contribution in [2.24, 2.45) is 0 Å². The lowest BCUT2D eigenvalue weighted by Gasteiger charge is -2.09. The third-order valence-corrected chi connectivity index (χ3v) is 4.25. The molecule has 0 fully saturated rings. The SMILES string of the molecule is O=C(CSc1ccc2c(c1)OCCCO2)c1ccc(F)cc1. The number of Topliss-reactive ketones (excluding diaryl/α,β-unsaturated/α-hetero) is 1. The fourth-order valence-electron chi connectivity index (χ4n) is 2.10. The Bertz CT molecular complexity index is 670. The average molecular weight is 318 g/mol. The number of hydrogen-bond acceptors (Lipinski definition) is 4. The number of carbonyl (C=O) groups excluding carboxylic acids is 1. The maximum absolute atomic E-state index is 12.9. The largest absolute Gasteiger partial charge is 0.490 e. The Kier molecular flexibility index (Phi) is 4.63. The van der Waals surface area contributed by atoms with Crippen LogP contribution in [0.15, 0.2) is 47.4 Å². The van der Waals surface area contributed by atoms with E-state index in [4.69, 9.17) is 9.47 Å². The number of halogens is 1. The summed E-state index contributed by atoms with van der Waals surface area (Å²) in [6.07, 6.45) is 0.861. The van der Waals surface area contributed by atoms with E-state index >= 15 is 0 Å². The lowest BCUT2D eigenvalue weighted by atomic mass is 10.1. The van der Waals surface area contributed by atoms with Crippen molar-refractivity contribution in [3.05, 3.63) is 53.8 Å². The maximum Gasteiger partial charge on any atom is 0.173 e. The first-order valence-corrected chi connectivity index (χ1v) is 8.02. The monoisotopic (exact) mass is 318 g/mol. The highest BCUT2D eigenvalue weighted by Gasteiger charge is 2.12. The van der Waals surface area contributed by atoms with E-state index in [1.165, 1.54) is 36.0 Å². The van der Waals surface area contributed by atoms with Crippen LogP contribution in [0, 0.1) is 5.82 Å². The second-order valence-corrected chi connectivity index (χ2v) is 5.93. The van der Waals surface area contributed by atoms with Gasteiger partial charge in [-0.1, -0.05) is 0 Å². The van der Waals surface area contributed by atoms with Crippen LogP contribution in [0.3, 0.4) is 0 Å². The van der Waals surface area contributed by atoms with Gasteiger partial charge in [0.05, 0.1) is 19.0 Å². The van der Waals surface area contributed by atoms with E-state index in [1.54, 1.807) is 0 Å². The fourth-order valence-corrected chi connectivity index (χ4v) is 2.92. The van der Waals surface area contributed by atoms with Crippen LogP contribution in [0.2, 0.25) is 0 Å². The molecule has 0 saturated heterocycles. The van der Waals surface area contributed by atoms with Gasteiger partial charge in [0.1, 0.15) is 5.82 Å². The van der Waals surface area contributed by atoms with Gasteiger partial charge in [-0.25, -0.2) is 4.39 Å². The van der Waals surface area contributed by atoms with Gasteiger partial charge in [0.25, 0.3) is 0 Å². The van der Waals surface area contributed by atoms with Gasteiger partial charge in [0.15, 0.2) is 17.3 Å². The first-order valence-electron chi connectivity index (χ1n) is 7.03. The third kappa shape index (κ3) is 3.60. The summed E-state index contributed by atoms with van der Waals surface area (Å²) < 4.78 is 24.1. The van der Waals surface area contributed by atoms with E-state index in [0.717, 1.165) is 22.8 Å². The highest BCUT2D eigenvalue weighted by atomic mass is 32.2. The molecule has 0 saturated carbocycles. The van der Waals surface area contributed by atoms with Crippen LogP contribution in [0.1, 0.15) is 16.8 Å². The lowest BCUT2D eigenvalue weighted by molar-refractivity contribution is 0.102. The minimum Gasteiger partial charge on any atom is -0.490 e. The zero-order valence-corrected chi connectivity index (χ0v) is 12.7. The van der Waals surface area contributed by atoms with E-state index < -0.39 is 0 Å². The van der Waals surface area contributed by atoms with Crippen molar-refractivity contribution in [1.29, 1.82) is 0 Å². The van der Waals surface area contributed by atoms with Crippen molar-refractivity contribution in [3.8, 4) is 11.5 Å². The van der Waals surface area contributed by atoms with Gasteiger partial charge in [-0.3, -0.25) is 4.79 Å².